The summed E-state index contributed by atoms with van der Waals surface area (Å²) in [4.78, 5) is 18.6. The smallest absolute Gasteiger partial charge is 0.744 e. The fourth-order valence-corrected chi connectivity index (χ4v) is 7.14. The summed E-state index contributed by atoms with van der Waals surface area (Å²) in [7, 11) is -21.7. The molecule has 0 atom stereocenters. The molecule has 0 aliphatic carbocycles. The quantitative estimate of drug-likeness (QED) is 0.107. The molecular weight excluding hydrogens is 887 g/mol. The van der Waals surface area contributed by atoms with Gasteiger partial charge >= 0.3 is 118 Å². The van der Waals surface area contributed by atoms with Crippen molar-refractivity contribution in [1.82, 2.24) is 10.6 Å². The molecule has 0 unspecified atom stereocenters. The second-order valence-corrected chi connectivity index (χ2v) is 15.9. The van der Waals surface area contributed by atoms with Crippen molar-refractivity contribution in [3.05, 3.63) is 36.4 Å². The van der Waals surface area contributed by atoms with Crippen molar-refractivity contribution < 1.29 is 170 Å². The van der Waals surface area contributed by atoms with Gasteiger partial charge < -0.3 is 39.5 Å². The minimum Gasteiger partial charge on any atom is -0.744 e. The molecular formula is C22H10Cl2N10Na4O12S4. The summed E-state index contributed by atoms with van der Waals surface area (Å²) < 4.78 is 146. The van der Waals surface area contributed by atoms with Gasteiger partial charge in [-0.25, -0.2) is 43.7 Å². The molecule has 262 valence electrons. The third kappa shape index (κ3) is 11.3. The van der Waals surface area contributed by atoms with Gasteiger partial charge in [-0.2, -0.15) is 20.0 Å². The first-order valence-electron chi connectivity index (χ1n) is 12.6. The van der Waals surface area contributed by atoms with E-state index in [0.29, 0.717) is 6.07 Å². The molecule has 0 fully saturated rings. The van der Waals surface area contributed by atoms with Crippen LogP contribution in [0.25, 0.3) is 10.8 Å². The van der Waals surface area contributed by atoms with E-state index in [4.69, 9.17) is 23.2 Å². The van der Waals surface area contributed by atoms with E-state index in [9.17, 15) is 51.9 Å². The van der Waals surface area contributed by atoms with Crippen molar-refractivity contribution in [2.45, 2.75) is 19.6 Å². The number of guanidine groups is 4. The van der Waals surface area contributed by atoms with Crippen LogP contribution in [-0.4, -0.2) is 86.3 Å². The Bertz CT molecular complexity index is 2570. The molecule has 54 heavy (non-hydrogen) atoms. The van der Waals surface area contributed by atoms with Crippen molar-refractivity contribution in [1.29, 1.82) is 0 Å². The maximum absolute atomic E-state index is 12.2. The van der Waals surface area contributed by atoms with Crippen LogP contribution in [-0.2, 0) is 40.5 Å². The fraction of sp³-hybridized carbons (Fsp3) is 0. The first-order valence-corrected chi connectivity index (χ1v) is 19.0. The van der Waals surface area contributed by atoms with Gasteiger partial charge in [-0.1, -0.05) is 0 Å². The Morgan fingerprint density at radius 1 is 0.444 bits per heavy atom. The number of fused-ring (bicyclic) bond motifs is 4. The Morgan fingerprint density at radius 3 is 1.11 bits per heavy atom. The Balaban J connectivity index is 0.00000252. The number of nitrogens with zero attached hydrogens (tertiary/aromatic N) is 6. The number of anilines is 2. The van der Waals surface area contributed by atoms with Gasteiger partial charge in [-0.3, -0.25) is 0 Å². The Kier molecular flexibility index (Phi) is 16.6. The predicted molar refractivity (Wildman–Crippen MR) is 171 cm³/mol. The second-order valence-electron chi connectivity index (χ2n) is 9.69. The molecule has 0 saturated carbocycles. The van der Waals surface area contributed by atoms with Crippen molar-refractivity contribution in [3.63, 3.8) is 0 Å². The molecule has 3 aliphatic heterocycles. The largest absolute Gasteiger partial charge is 1.00 e. The molecule has 3 heterocycles. The van der Waals surface area contributed by atoms with E-state index >= 15 is 0 Å². The predicted octanol–water partition coefficient (Wildman–Crippen LogP) is -11.9. The van der Waals surface area contributed by atoms with Gasteiger partial charge in [0.2, 0.25) is 22.5 Å². The van der Waals surface area contributed by atoms with Crippen LogP contribution in [0.4, 0.5) is 22.7 Å². The molecule has 3 aliphatic rings. The second kappa shape index (κ2) is 18.1. The molecule has 3 aromatic rings. The number of nitrogens with one attached hydrogen (secondary N) is 4. The SMILES string of the molecule is O=S(=O)([O-])c1cc2c3cc(S(=O)(=O)[O-])cc(c3c1)NC1=NC(=Nc3cc(c(S(=O)(=O)[O-])cc3S(=O)(=O)[O-])N=C3N=C(Cl)NC(=N3)N2)N=C(Cl)N1.[Na+].[Na+].[Na+].[Na+]. The van der Waals surface area contributed by atoms with Gasteiger partial charge in [-0.05, 0) is 59.6 Å². The molecule has 6 rings (SSSR count). The number of aliphatic imine (C=N–C) groups is 6. The van der Waals surface area contributed by atoms with Gasteiger partial charge in [0.05, 0.1) is 42.3 Å². The molecule has 0 amide bonds. The average molecular weight is 898 g/mol. The van der Waals surface area contributed by atoms with Crippen molar-refractivity contribution >= 4 is 132 Å². The summed E-state index contributed by atoms with van der Waals surface area (Å²) in [5, 5.41) is 8.33. The summed E-state index contributed by atoms with van der Waals surface area (Å²) in [5.74, 6) is -2.50. The third-order valence-corrected chi connectivity index (χ3v) is 10.1. The standard InChI is InChI=1S/C22H14Cl2N10O12S4.4Na/c23-17-29-19-25-11-4-8(48(38,39)40)2-10-9(11)1-7(47(35,36)37)3-12(10)26-20-30-18(24)32-22(34-20)28-14-5-13(27-21(31-17)33-19)15(49(41,42)43)6-16(14)50(44,45)46;;;;/h1-6H,(H,35,36,37)(H,38,39,40)(H,41,42,43)(H,44,45,46)(H2,25,27,29,31,33)(H2,26,28,30,32,34);;;;/q;4*+1/p-4. The summed E-state index contributed by atoms with van der Waals surface area (Å²) >= 11 is 12.1. The summed E-state index contributed by atoms with van der Waals surface area (Å²) in [6, 6.07) is 3.93. The van der Waals surface area contributed by atoms with Crippen LogP contribution < -0.4 is 139 Å². The summed E-state index contributed by atoms with van der Waals surface area (Å²) in [5.41, 5.74) is -2.51. The van der Waals surface area contributed by atoms with Crippen LogP contribution in [0.2, 0.25) is 0 Å². The van der Waals surface area contributed by atoms with E-state index in [0.717, 1.165) is 24.3 Å². The molecule has 0 aromatic heterocycles. The number of halogens is 2. The van der Waals surface area contributed by atoms with Crippen LogP contribution in [0.1, 0.15) is 0 Å². The zero-order chi connectivity index (χ0) is 36.6. The molecule has 0 radical (unpaired) electrons. The molecule has 0 saturated heterocycles. The number of amidine groups is 2. The van der Waals surface area contributed by atoms with Crippen LogP contribution in [0, 0.1) is 0 Å². The zero-order valence-corrected chi connectivity index (χ0v) is 40.2. The van der Waals surface area contributed by atoms with E-state index < -0.39 is 106 Å². The Morgan fingerprint density at radius 2 is 0.796 bits per heavy atom. The molecule has 3 aromatic carbocycles. The average Bonchev–Trinajstić information content (AvgIpc) is 2.94. The van der Waals surface area contributed by atoms with Crippen LogP contribution in [0.3, 0.4) is 0 Å². The van der Waals surface area contributed by atoms with Gasteiger partial charge in [-0.15, -0.1) is 0 Å². The Hall–Kier alpha value is -0.640. The Labute approximate surface area is 403 Å². The maximum Gasteiger partial charge on any atom is 1.00 e. The van der Waals surface area contributed by atoms with Crippen molar-refractivity contribution in [2.75, 3.05) is 10.6 Å². The normalized spacial score (nSPS) is 15.4. The molecule has 4 N–H and O–H groups in total. The van der Waals surface area contributed by atoms with Crippen LogP contribution >= 0.6 is 23.2 Å². The molecule has 0 spiro atoms. The van der Waals surface area contributed by atoms with Crippen LogP contribution in [0.5, 0.6) is 0 Å². The minimum absolute atomic E-state index is 0. The van der Waals surface area contributed by atoms with Crippen LogP contribution in [0.15, 0.2) is 85.9 Å². The first-order chi connectivity index (χ1) is 23.0. The fourth-order valence-electron chi connectivity index (χ4n) is 4.44. The van der Waals surface area contributed by atoms with Crippen molar-refractivity contribution in [2.24, 2.45) is 30.0 Å². The third-order valence-electron chi connectivity index (χ3n) is 6.38. The number of rotatable bonds is 4. The van der Waals surface area contributed by atoms with E-state index in [1.807, 2.05) is 0 Å². The van der Waals surface area contributed by atoms with Gasteiger partial charge in [0, 0.05) is 10.8 Å². The number of hydrogen-bond acceptors (Lipinski definition) is 22. The first kappa shape index (κ1) is 49.5. The minimum atomic E-state index is -5.59. The molecule has 10 bridgehead atoms. The molecule has 22 nitrogen and oxygen atoms in total. The maximum atomic E-state index is 12.2. The van der Waals surface area contributed by atoms with Crippen molar-refractivity contribution in [3.8, 4) is 0 Å². The van der Waals surface area contributed by atoms with E-state index in [-0.39, 0.29) is 146 Å². The van der Waals surface area contributed by atoms with Gasteiger partial charge in [0.15, 0.2) is 0 Å². The number of hydrogen-bond donors (Lipinski definition) is 4. The summed E-state index contributed by atoms with van der Waals surface area (Å²) in [6.07, 6.45) is 0. The zero-order valence-electron chi connectivity index (χ0n) is 27.4. The van der Waals surface area contributed by atoms with E-state index in [1.165, 1.54) is 0 Å². The number of benzene rings is 3. The molecule has 32 heteroatoms. The van der Waals surface area contributed by atoms with E-state index in [2.05, 4.69) is 51.2 Å². The monoisotopic (exact) mass is 896 g/mol. The van der Waals surface area contributed by atoms with Gasteiger partial charge in [0.25, 0.3) is 11.9 Å². The van der Waals surface area contributed by atoms with E-state index in [1.54, 1.807) is 0 Å². The topological polar surface area (TPSA) is 351 Å². The summed E-state index contributed by atoms with van der Waals surface area (Å²) in [6.45, 7) is 0. The van der Waals surface area contributed by atoms with Gasteiger partial charge in [0.1, 0.15) is 40.5 Å².